The number of methoxy groups -OCH3 is 4. The molecule has 0 aliphatic carbocycles. The van der Waals surface area contributed by atoms with Crippen LogP contribution in [0.25, 0.3) is 5.57 Å². The molecule has 0 spiro atoms. The molecule has 1 unspecified atom stereocenters. The number of fused-ring (bicyclic) bond motifs is 1. The Morgan fingerprint density at radius 1 is 0.923 bits per heavy atom. The molecule has 0 N–H and O–H groups in total. The number of rotatable bonds is 5. The molecule has 1 aliphatic heterocycles. The Labute approximate surface area is 161 Å². The second-order valence-electron chi connectivity index (χ2n) is 5.63. The molecule has 1 heterocycles. The first-order valence-electron chi connectivity index (χ1n) is 8.11. The highest BCUT2D eigenvalue weighted by Gasteiger charge is 2.28. The first-order chi connectivity index (χ1) is 12.6. The Hall–Kier alpha value is -2.34. The standard InChI is InChI=1S/C20H21BrO5/c1-22-13-7-5-12(6-8-13)14-9-10-17(21)26-18-15(14)11-16(23-2)19(24-3)20(18)25-4/h5-9,11,17H,10H2,1-4H3. The van der Waals surface area contributed by atoms with E-state index in [1.165, 1.54) is 0 Å². The van der Waals surface area contributed by atoms with E-state index in [9.17, 15) is 0 Å². The summed E-state index contributed by atoms with van der Waals surface area (Å²) in [6.45, 7) is 0. The van der Waals surface area contributed by atoms with Crippen LogP contribution in [0.15, 0.2) is 36.4 Å². The van der Waals surface area contributed by atoms with E-state index in [1.54, 1.807) is 28.4 Å². The largest absolute Gasteiger partial charge is 0.497 e. The van der Waals surface area contributed by atoms with Crippen LogP contribution in [0.3, 0.4) is 0 Å². The Bertz CT molecular complexity index is 814. The van der Waals surface area contributed by atoms with Crippen molar-refractivity contribution in [3.63, 3.8) is 0 Å². The van der Waals surface area contributed by atoms with E-state index in [2.05, 4.69) is 22.0 Å². The van der Waals surface area contributed by atoms with E-state index < -0.39 is 0 Å². The van der Waals surface area contributed by atoms with Gasteiger partial charge in [0.2, 0.25) is 11.5 Å². The highest BCUT2D eigenvalue weighted by molar-refractivity contribution is 9.09. The second-order valence-corrected chi connectivity index (χ2v) is 6.65. The van der Waals surface area contributed by atoms with E-state index >= 15 is 0 Å². The number of hydrogen-bond acceptors (Lipinski definition) is 5. The van der Waals surface area contributed by atoms with Gasteiger partial charge in [-0.3, -0.25) is 0 Å². The summed E-state index contributed by atoms with van der Waals surface area (Å²) in [6, 6.07) is 9.83. The maximum absolute atomic E-state index is 6.10. The molecule has 0 bridgehead atoms. The van der Waals surface area contributed by atoms with Crippen molar-refractivity contribution < 1.29 is 23.7 Å². The fraction of sp³-hybridized carbons (Fsp3) is 0.300. The van der Waals surface area contributed by atoms with Gasteiger partial charge in [0.15, 0.2) is 16.5 Å². The van der Waals surface area contributed by atoms with E-state index in [-0.39, 0.29) is 5.01 Å². The van der Waals surface area contributed by atoms with Crippen LogP contribution in [0.5, 0.6) is 28.7 Å². The van der Waals surface area contributed by atoms with Crippen molar-refractivity contribution in [3.8, 4) is 28.7 Å². The first kappa shape index (κ1) is 18.5. The van der Waals surface area contributed by atoms with Crippen molar-refractivity contribution in [2.45, 2.75) is 11.4 Å². The first-order valence-corrected chi connectivity index (χ1v) is 9.03. The Morgan fingerprint density at radius 2 is 1.62 bits per heavy atom. The van der Waals surface area contributed by atoms with Crippen LogP contribution in [0, 0.1) is 0 Å². The van der Waals surface area contributed by atoms with Gasteiger partial charge in [0, 0.05) is 12.0 Å². The Balaban J connectivity index is 2.23. The van der Waals surface area contributed by atoms with E-state index in [1.807, 2.05) is 30.3 Å². The summed E-state index contributed by atoms with van der Waals surface area (Å²) in [7, 11) is 6.42. The van der Waals surface area contributed by atoms with Crippen LogP contribution in [0.1, 0.15) is 17.5 Å². The zero-order valence-electron chi connectivity index (χ0n) is 15.2. The predicted molar refractivity (Wildman–Crippen MR) is 104 cm³/mol. The fourth-order valence-corrected chi connectivity index (χ4v) is 3.36. The van der Waals surface area contributed by atoms with Gasteiger partial charge in [-0.1, -0.05) is 18.2 Å². The van der Waals surface area contributed by atoms with Gasteiger partial charge in [-0.15, -0.1) is 0 Å². The average molecular weight is 421 g/mol. The summed E-state index contributed by atoms with van der Waals surface area (Å²) in [6.07, 6.45) is 2.84. The molecule has 0 saturated heterocycles. The van der Waals surface area contributed by atoms with Gasteiger partial charge in [-0.25, -0.2) is 0 Å². The van der Waals surface area contributed by atoms with Crippen molar-refractivity contribution in [3.05, 3.63) is 47.5 Å². The molecule has 3 rings (SSSR count). The quantitative estimate of drug-likeness (QED) is 0.658. The number of halogens is 1. The van der Waals surface area contributed by atoms with Crippen molar-refractivity contribution >= 4 is 21.5 Å². The molecule has 0 saturated carbocycles. The normalized spacial score (nSPS) is 15.9. The van der Waals surface area contributed by atoms with Gasteiger partial charge in [0.1, 0.15) is 5.75 Å². The Kier molecular flexibility index (Phi) is 5.61. The summed E-state index contributed by atoms with van der Waals surface area (Å²) >= 11 is 3.56. The topological polar surface area (TPSA) is 46.2 Å². The zero-order valence-corrected chi connectivity index (χ0v) is 16.8. The SMILES string of the molecule is COc1ccc(C2=CCC(Br)Oc3c2cc(OC)c(OC)c3OC)cc1. The third kappa shape index (κ3) is 3.33. The molecule has 6 heteroatoms. The summed E-state index contributed by atoms with van der Waals surface area (Å²) in [5.74, 6) is 3.02. The van der Waals surface area contributed by atoms with Gasteiger partial charge in [0.25, 0.3) is 0 Å². The van der Waals surface area contributed by atoms with Crippen LogP contribution in [0.4, 0.5) is 0 Å². The zero-order chi connectivity index (χ0) is 18.7. The lowest BCUT2D eigenvalue weighted by Gasteiger charge is -2.20. The minimum Gasteiger partial charge on any atom is -0.497 e. The minimum absolute atomic E-state index is 0.177. The van der Waals surface area contributed by atoms with Crippen LogP contribution in [-0.4, -0.2) is 33.5 Å². The summed E-state index contributed by atoms with van der Waals surface area (Å²) in [5.41, 5.74) is 2.96. The molecule has 1 atom stereocenters. The molecule has 138 valence electrons. The van der Waals surface area contributed by atoms with Gasteiger partial charge in [-0.2, -0.15) is 0 Å². The van der Waals surface area contributed by atoms with Crippen LogP contribution in [-0.2, 0) is 0 Å². The average Bonchev–Trinajstić information content (AvgIpc) is 2.84. The van der Waals surface area contributed by atoms with Crippen LogP contribution < -0.4 is 23.7 Å². The second kappa shape index (κ2) is 7.91. The van der Waals surface area contributed by atoms with Crippen molar-refractivity contribution in [2.75, 3.05) is 28.4 Å². The highest BCUT2D eigenvalue weighted by atomic mass is 79.9. The smallest absolute Gasteiger partial charge is 0.207 e. The molecular formula is C20H21BrO5. The molecule has 0 radical (unpaired) electrons. The molecule has 0 amide bonds. The lowest BCUT2D eigenvalue weighted by molar-refractivity contribution is 0.266. The highest BCUT2D eigenvalue weighted by Crippen LogP contribution is 2.51. The third-order valence-electron chi connectivity index (χ3n) is 4.23. The van der Waals surface area contributed by atoms with E-state index in [0.29, 0.717) is 29.4 Å². The third-order valence-corrected chi connectivity index (χ3v) is 4.79. The summed E-state index contributed by atoms with van der Waals surface area (Å²) in [5, 5.41) is -0.177. The molecule has 2 aromatic carbocycles. The van der Waals surface area contributed by atoms with E-state index in [0.717, 1.165) is 22.4 Å². The molecular weight excluding hydrogens is 400 g/mol. The monoisotopic (exact) mass is 420 g/mol. The Morgan fingerprint density at radius 3 is 2.19 bits per heavy atom. The number of alkyl halides is 1. The molecule has 1 aliphatic rings. The maximum atomic E-state index is 6.10. The summed E-state index contributed by atoms with van der Waals surface area (Å²) in [4.78, 5) is 0. The van der Waals surface area contributed by atoms with Crippen molar-refractivity contribution in [2.24, 2.45) is 0 Å². The fourth-order valence-electron chi connectivity index (χ4n) is 2.99. The predicted octanol–water partition coefficient (Wildman–Crippen LogP) is 4.66. The van der Waals surface area contributed by atoms with Crippen molar-refractivity contribution in [1.29, 1.82) is 0 Å². The van der Waals surface area contributed by atoms with Crippen molar-refractivity contribution in [1.82, 2.24) is 0 Å². The maximum Gasteiger partial charge on any atom is 0.207 e. The lowest BCUT2D eigenvalue weighted by Crippen LogP contribution is -2.08. The minimum atomic E-state index is -0.177. The van der Waals surface area contributed by atoms with Gasteiger partial charge < -0.3 is 23.7 Å². The van der Waals surface area contributed by atoms with Gasteiger partial charge in [-0.05, 0) is 45.3 Å². The molecule has 2 aromatic rings. The molecule has 5 nitrogen and oxygen atoms in total. The molecule has 0 aromatic heterocycles. The number of benzene rings is 2. The lowest BCUT2D eigenvalue weighted by atomic mass is 9.95. The van der Waals surface area contributed by atoms with E-state index in [4.69, 9.17) is 23.7 Å². The number of hydrogen-bond donors (Lipinski definition) is 0. The molecule has 0 fully saturated rings. The van der Waals surface area contributed by atoms with Crippen LogP contribution >= 0.6 is 15.9 Å². The molecule has 26 heavy (non-hydrogen) atoms. The summed E-state index contributed by atoms with van der Waals surface area (Å²) < 4.78 is 28.0. The van der Waals surface area contributed by atoms with Gasteiger partial charge >= 0.3 is 0 Å². The number of ether oxygens (including phenoxy) is 5. The van der Waals surface area contributed by atoms with Gasteiger partial charge in [0.05, 0.1) is 28.4 Å². The van der Waals surface area contributed by atoms with Crippen LogP contribution in [0.2, 0.25) is 0 Å².